The van der Waals surface area contributed by atoms with Gasteiger partial charge in [0.05, 0.1) is 17.1 Å². The fraction of sp³-hybridized carbons (Fsp3) is 0.316. The summed E-state index contributed by atoms with van der Waals surface area (Å²) < 4.78 is 1.77. The van der Waals surface area contributed by atoms with Gasteiger partial charge in [-0.05, 0) is 62.5 Å². The van der Waals surface area contributed by atoms with Crippen molar-refractivity contribution in [2.75, 3.05) is 18.4 Å². The van der Waals surface area contributed by atoms with E-state index in [4.69, 9.17) is 0 Å². The molecule has 0 atom stereocenters. The zero-order valence-electron chi connectivity index (χ0n) is 14.3. The molecular formula is C19H22N6. The van der Waals surface area contributed by atoms with Crippen LogP contribution in [0.1, 0.15) is 30.0 Å². The average Bonchev–Trinajstić information content (AvgIpc) is 3.14. The third-order valence-corrected chi connectivity index (χ3v) is 4.68. The molecule has 3 aromatic rings. The van der Waals surface area contributed by atoms with E-state index in [1.54, 1.807) is 11.0 Å². The number of hydrogen-bond acceptors (Lipinski definition) is 5. The molecule has 25 heavy (non-hydrogen) atoms. The number of piperidine rings is 1. The molecule has 2 aromatic heterocycles. The summed E-state index contributed by atoms with van der Waals surface area (Å²) in [5, 5.41) is 11.2. The van der Waals surface area contributed by atoms with Crippen molar-refractivity contribution in [1.29, 1.82) is 0 Å². The number of para-hydroxylation sites is 1. The van der Waals surface area contributed by atoms with Gasteiger partial charge >= 0.3 is 0 Å². The SMILES string of the molecule is Cc1ncc(C2CCNCC2)cc1Nc1ncn(-c2ccccc2)n1. The number of nitrogens with one attached hydrogen (secondary N) is 2. The molecule has 1 aromatic carbocycles. The van der Waals surface area contributed by atoms with Crippen molar-refractivity contribution in [2.45, 2.75) is 25.7 Å². The van der Waals surface area contributed by atoms with Crippen LogP contribution in [-0.2, 0) is 0 Å². The van der Waals surface area contributed by atoms with Crippen LogP contribution in [0.25, 0.3) is 5.69 Å². The Kier molecular flexibility index (Phi) is 4.43. The summed E-state index contributed by atoms with van der Waals surface area (Å²) in [5.74, 6) is 1.15. The minimum Gasteiger partial charge on any atom is -0.321 e. The highest BCUT2D eigenvalue weighted by molar-refractivity contribution is 5.57. The standard InChI is InChI=1S/C19H22N6/c1-14-18(11-16(12-21-14)15-7-9-20-10-8-15)23-19-22-13-25(24-19)17-5-3-2-4-6-17/h2-6,11-13,15,20H,7-10H2,1H3,(H,23,24). The smallest absolute Gasteiger partial charge is 0.247 e. The summed E-state index contributed by atoms with van der Waals surface area (Å²) in [7, 11) is 0. The van der Waals surface area contributed by atoms with Gasteiger partial charge in [-0.15, -0.1) is 5.10 Å². The quantitative estimate of drug-likeness (QED) is 0.767. The van der Waals surface area contributed by atoms with E-state index in [0.29, 0.717) is 11.9 Å². The van der Waals surface area contributed by atoms with Crippen LogP contribution in [0.4, 0.5) is 11.6 Å². The maximum Gasteiger partial charge on any atom is 0.247 e. The van der Waals surface area contributed by atoms with Gasteiger partial charge in [-0.25, -0.2) is 4.68 Å². The summed E-state index contributed by atoms with van der Waals surface area (Å²) in [6, 6.07) is 12.2. The Morgan fingerprint density at radius 3 is 2.72 bits per heavy atom. The molecule has 0 saturated carbocycles. The van der Waals surface area contributed by atoms with Gasteiger partial charge in [-0.3, -0.25) is 4.98 Å². The first-order valence-corrected chi connectivity index (χ1v) is 8.71. The molecule has 128 valence electrons. The maximum absolute atomic E-state index is 4.57. The molecule has 2 N–H and O–H groups in total. The minimum atomic E-state index is 0.574. The first kappa shape index (κ1) is 15.8. The molecule has 0 unspecified atom stereocenters. The Bertz CT molecular complexity index is 836. The zero-order chi connectivity index (χ0) is 17.1. The van der Waals surface area contributed by atoms with Crippen molar-refractivity contribution in [3.63, 3.8) is 0 Å². The van der Waals surface area contributed by atoms with E-state index >= 15 is 0 Å². The number of benzene rings is 1. The lowest BCUT2D eigenvalue weighted by Crippen LogP contribution is -2.26. The van der Waals surface area contributed by atoms with E-state index in [-0.39, 0.29) is 0 Å². The molecule has 0 radical (unpaired) electrons. The fourth-order valence-corrected chi connectivity index (χ4v) is 3.20. The highest BCUT2D eigenvalue weighted by Gasteiger charge is 2.17. The average molecular weight is 334 g/mol. The first-order valence-electron chi connectivity index (χ1n) is 8.71. The number of nitrogens with zero attached hydrogens (tertiary/aromatic N) is 4. The zero-order valence-corrected chi connectivity index (χ0v) is 14.3. The van der Waals surface area contributed by atoms with Crippen LogP contribution in [0.5, 0.6) is 0 Å². The highest BCUT2D eigenvalue weighted by atomic mass is 15.4. The summed E-state index contributed by atoms with van der Waals surface area (Å²) in [4.78, 5) is 8.94. The summed E-state index contributed by atoms with van der Waals surface area (Å²) in [6.45, 7) is 4.15. The van der Waals surface area contributed by atoms with Crippen molar-refractivity contribution in [3.05, 3.63) is 60.2 Å². The third kappa shape index (κ3) is 3.53. The van der Waals surface area contributed by atoms with Crippen LogP contribution >= 0.6 is 0 Å². The van der Waals surface area contributed by atoms with E-state index in [1.807, 2.05) is 43.5 Å². The summed E-state index contributed by atoms with van der Waals surface area (Å²) >= 11 is 0. The second kappa shape index (κ2) is 7.03. The van der Waals surface area contributed by atoms with Crippen LogP contribution in [0.2, 0.25) is 0 Å². The Balaban J connectivity index is 1.55. The molecule has 0 amide bonds. The van der Waals surface area contributed by atoms with Crippen LogP contribution in [0.15, 0.2) is 48.9 Å². The first-order chi connectivity index (χ1) is 12.3. The molecule has 6 heteroatoms. The monoisotopic (exact) mass is 334 g/mol. The normalized spacial score (nSPS) is 15.2. The number of hydrogen-bond donors (Lipinski definition) is 2. The van der Waals surface area contributed by atoms with E-state index in [2.05, 4.69) is 31.8 Å². The molecule has 0 bridgehead atoms. The van der Waals surface area contributed by atoms with Gasteiger partial charge in [0.1, 0.15) is 6.33 Å². The van der Waals surface area contributed by atoms with E-state index in [9.17, 15) is 0 Å². The molecule has 4 rings (SSSR count). The molecule has 6 nitrogen and oxygen atoms in total. The maximum atomic E-state index is 4.57. The summed E-state index contributed by atoms with van der Waals surface area (Å²) in [5.41, 5.74) is 4.20. The van der Waals surface area contributed by atoms with Crippen molar-refractivity contribution in [2.24, 2.45) is 0 Å². The Morgan fingerprint density at radius 1 is 1.12 bits per heavy atom. The summed E-state index contributed by atoms with van der Waals surface area (Å²) in [6.07, 6.45) is 6.04. The molecule has 0 aliphatic carbocycles. The van der Waals surface area contributed by atoms with Gasteiger partial charge in [0.15, 0.2) is 0 Å². The van der Waals surface area contributed by atoms with E-state index < -0.39 is 0 Å². The highest BCUT2D eigenvalue weighted by Crippen LogP contribution is 2.28. The lowest BCUT2D eigenvalue weighted by molar-refractivity contribution is 0.459. The lowest BCUT2D eigenvalue weighted by atomic mass is 9.91. The van der Waals surface area contributed by atoms with Crippen molar-refractivity contribution in [1.82, 2.24) is 25.1 Å². The Morgan fingerprint density at radius 2 is 1.92 bits per heavy atom. The number of rotatable bonds is 4. The molecular weight excluding hydrogens is 312 g/mol. The van der Waals surface area contributed by atoms with E-state index in [1.165, 1.54) is 5.56 Å². The van der Waals surface area contributed by atoms with Crippen LogP contribution in [-0.4, -0.2) is 32.8 Å². The van der Waals surface area contributed by atoms with Gasteiger partial charge in [0.2, 0.25) is 5.95 Å². The van der Waals surface area contributed by atoms with Crippen molar-refractivity contribution >= 4 is 11.6 Å². The van der Waals surface area contributed by atoms with Crippen molar-refractivity contribution in [3.8, 4) is 5.69 Å². The third-order valence-electron chi connectivity index (χ3n) is 4.68. The predicted molar refractivity (Wildman–Crippen MR) is 98.5 cm³/mol. The van der Waals surface area contributed by atoms with Gasteiger partial charge in [0, 0.05) is 6.20 Å². The molecule has 1 aliphatic rings. The molecule has 3 heterocycles. The number of pyridine rings is 1. The van der Waals surface area contributed by atoms with Gasteiger partial charge in [0.25, 0.3) is 0 Å². The molecule has 0 spiro atoms. The fourth-order valence-electron chi connectivity index (χ4n) is 3.20. The second-order valence-corrected chi connectivity index (χ2v) is 6.40. The van der Waals surface area contributed by atoms with Crippen molar-refractivity contribution < 1.29 is 0 Å². The van der Waals surface area contributed by atoms with Gasteiger partial charge in [-0.1, -0.05) is 18.2 Å². The molecule has 1 fully saturated rings. The van der Waals surface area contributed by atoms with E-state index in [0.717, 1.165) is 43.0 Å². The second-order valence-electron chi connectivity index (χ2n) is 6.40. The number of aryl methyl sites for hydroxylation is 1. The van der Waals surface area contributed by atoms with Crippen LogP contribution in [0, 0.1) is 6.92 Å². The largest absolute Gasteiger partial charge is 0.321 e. The minimum absolute atomic E-state index is 0.574. The number of aromatic nitrogens is 4. The van der Waals surface area contributed by atoms with Crippen LogP contribution < -0.4 is 10.6 Å². The van der Waals surface area contributed by atoms with Gasteiger partial charge in [-0.2, -0.15) is 4.98 Å². The van der Waals surface area contributed by atoms with Crippen LogP contribution in [0.3, 0.4) is 0 Å². The Hall–Kier alpha value is -2.73. The molecule has 1 aliphatic heterocycles. The predicted octanol–water partition coefficient (Wildman–Crippen LogP) is 3.18. The topological polar surface area (TPSA) is 67.7 Å². The Labute approximate surface area is 147 Å². The van der Waals surface area contributed by atoms with Gasteiger partial charge < -0.3 is 10.6 Å². The lowest BCUT2D eigenvalue weighted by Gasteiger charge is -2.23. The molecule has 1 saturated heterocycles. The number of anilines is 2.